The number of aromatic nitrogens is 4. The van der Waals surface area contributed by atoms with Crippen LogP contribution in [0.2, 0.25) is 0 Å². The van der Waals surface area contributed by atoms with E-state index >= 15 is 0 Å². The van der Waals surface area contributed by atoms with Crippen LogP contribution in [0.15, 0.2) is 229 Å². The number of hydrogen-bond acceptors (Lipinski definition) is 3. The van der Waals surface area contributed by atoms with Crippen molar-refractivity contribution in [2.45, 2.75) is 0 Å². The maximum absolute atomic E-state index is 6.46. The first-order valence-electron chi connectivity index (χ1n) is 21.3. The van der Waals surface area contributed by atoms with Crippen LogP contribution in [0.1, 0.15) is 0 Å². The van der Waals surface area contributed by atoms with Crippen molar-refractivity contribution in [1.82, 2.24) is 18.5 Å². The van der Waals surface area contributed by atoms with Crippen molar-refractivity contribution in [3.05, 3.63) is 224 Å². The molecule has 4 aromatic heterocycles. The molecule has 63 heavy (non-hydrogen) atoms. The molecule has 13 aromatic rings. The van der Waals surface area contributed by atoms with Crippen LogP contribution in [-0.2, 0) is 0 Å². The lowest BCUT2D eigenvalue weighted by Gasteiger charge is -2.26. The van der Waals surface area contributed by atoms with Crippen LogP contribution in [0.25, 0.3) is 94.4 Å². The Labute approximate surface area is 362 Å². The van der Waals surface area contributed by atoms with Gasteiger partial charge in [0.05, 0.1) is 16.6 Å². The molecule has 0 unspecified atom stereocenters. The number of nitrogens with zero attached hydrogens (tertiary/aromatic N) is 5. The fraction of sp³-hybridized carbons (Fsp3) is 0. The fourth-order valence-electron chi connectivity index (χ4n) is 9.60. The molecular formula is C57H37N5O. The van der Waals surface area contributed by atoms with Gasteiger partial charge in [0.25, 0.3) is 0 Å². The van der Waals surface area contributed by atoms with E-state index in [0.717, 1.165) is 100 Å². The zero-order valence-corrected chi connectivity index (χ0v) is 34.0. The molecule has 0 N–H and O–H groups in total. The topological polar surface area (TPSA) is 43.5 Å². The van der Waals surface area contributed by atoms with Gasteiger partial charge >= 0.3 is 0 Å². The number of anilines is 3. The molecule has 0 radical (unpaired) electrons. The molecule has 0 bridgehead atoms. The van der Waals surface area contributed by atoms with Gasteiger partial charge in [0.1, 0.15) is 16.7 Å². The number of furan rings is 1. The molecule has 13 rings (SSSR count). The lowest BCUT2D eigenvalue weighted by Crippen LogP contribution is -2.10. The Morgan fingerprint density at radius 3 is 1.70 bits per heavy atom. The van der Waals surface area contributed by atoms with Gasteiger partial charge in [-0.25, -0.2) is 0 Å². The molecule has 0 spiro atoms. The summed E-state index contributed by atoms with van der Waals surface area (Å²) in [6.45, 7) is 0. The van der Waals surface area contributed by atoms with Crippen LogP contribution < -0.4 is 4.90 Å². The maximum Gasteiger partial charge on any atom is 0.222 e. The largest absolute Gasteiger partial charge is 0.455 e. The van der Waals surface area contributed by atoms with Crippen LogP contribution >= 0.6 is 0 Å². The van der Waals surface area contributed by atoms with E-state index in [9.17, 15) is 0 Å². The highest BCUT2D eigenvalue weighted by Crippen LogP contribution is 2.42. The summed E-state index contributed by atoms with van der Waals surface area (Å²) in [7, 11) is 0. The molecule has 4 heterocycles. The van der Waals surface area contributed by atoms with Gasteiger partial charge in [0, 0.05) is 50.2 Å². The molecule has 0 fully saturated rings. The maximum atomic E-state index is 6.46. The Hall–Kier alpha value is -8.61. The van der Waals surface area contributed by atoms with E-state index in [2.05, 4.69) is 231 Å². The van der Waals surface area contributed by atoms with E-state index < -0.39 is 0 Å². The summed E-state index contributed by atoms with van der Waals surface area (Å²) in [6.07, 6.45) is 0. The summed E-state index contributed by atoms with van der Waals surface area (Å²) < 4.78 is 13.4. The summed E-state index contributed by atoms with van der Waals surface area (Å²) in [5.41, 5.74) is 16.8. The number of imidazole rings is 2. The minimum atomic E-state index is 0.858. The van der Waals surface area contributed by atoms with Crippen molar-refractivity contribution in [1.29, 1.82) is 0 Å². The van der Waals surface area contributed by atoms with Crippen molar-refractivity contribution in [2.24, 2.45) is 0 Å². The smallest absolute Gasteiger partial charge is 0.222 e. The van der Waals surface area contributed by atoms with Gasteiger partial charge in [-0.2, -0.15) is 4.98 Å². The van der Waals surface area contributed by atoms with Crippen molar-refractivity contribution in [3.63, 3.8) is 0 Å². The highest BCUT2D eigenvalue weighted by molar-refractivity contribution is 6.11. The van der Waals surface area contributed by atoms with E-state index in [0.29, 0.717) is 0 Å². The fourth-order valence-corrected chi connectivity index (χ4v) is 9.60. The summed E-state index contributed by atoms with van der Waals surface area (Å²) in [4.78, 5) is 7.86. The number of para-hydroxylation sites is 5. The Kier molecular flexibility index (Phi) is 7.80. The highest BCUT2D eigenvalue weighted by atomic mass is 16.3. The quantitative estimate of drug-likeness (QED) is 0.161. The molecule has 0 aliphatic heterocycles. The van der Waals surface area contributed by atoms with Gasteiger partial charge in [0.15, 0.2) is 5.65 Å². The van der Waals surface area contributed by atoms with Crippen LogP contribution in [0.4, 0.5) is 17.1 Å². The second kappa shape index (κ2) is 14.0. The SMILES string of the molecule is c1ccc(-c2ccc(N(c3ccc(-c4cccc5c4oc4ccccc45)cc3)c3ccc4c(c3)n(-c3ccccc3)c3nc5c(c6ccccc6n5-c5ccccc5)n43)cc2)cc1. The average molecular weight is 808 g/mol. The summed E-state index contributed by atoms with van der Waals surface area (Å²) in [5, 5.41) is 3.40. The molecule has 0 amide bonds. The second-order valence-electron chi connectivity index (χ2n) is 16.0. The minimum absolute atomic E-state index is 0.858. The van der Waals surface area contributed by atoms with E-state index in [1.165, 1.54) is 11.1 Å². The third kappa shape index (κ3) is 5.48. The van der Waals surface area contributed by atoms with Crippen LogP contribution in [-0.4, -0.2) is 18.5 Å². The predicted octanol–water partition coefficient (Wildman–Crippen LogP) is 15.1. The van der Waals surface area contributed by atoms with Crippen molar-refractivity contribution < 1.29 is 4.42 Å². The minimum Gasteiger partial charge on any atom is -0.455 e. The Morgan fingerprint density at radius 1 is 0.397 bits per heavy atom. The molecule has 9 aromatic carbocycles. The average Bonchev–Trinajstić information content (AvgIpc) is 4.09. The van der Waals surface area contributed by atoms with Crippen molar-refractivity contribution in [3.8, 4) is 33.6 Å². The van der Waals surface area contributed by atoms with Crippen molar-refractivity contribution >= 4 is 77.9 Å². The Morgan fingerprint density at radius 2 is 0.968 bits per heavy atom. The molecule has 0 saturated heterocycles. The van der Waals surface area contributed by atoms with Gasteiger partial charge in [-0.05, 0) is 95.6 Å². The van der Waals surface area contributed by atoms with Gasteiger partial charge < -0.3 is 9.32 Å². The third-order valence-electron chi connectivity index (χ3n) is 12.5. The van der Waals surface area contributed by atoms with E-state index in [-0.39, 0.29) is 0 Å². The third-order valence-corrected chi connectivity index (χ3v) is 12.5. The summed E-state index contributed by atoms with van der Waals surface area (Å²) >= 11 is 0. The molecule has 0 aliphatic rings. The van der Waals surface area contributed by atoms with E-state index in [1.807, 2.05) is 12.1 Å². The molecule has 0 atom stereocenters. The summed E-state index contributed by atoms with van der Waals surface area (Å²) in [5.74, 6) is 0.858. The monoisotopic (exact) mass is 807 g/mol. The molecule has 0 saturated carbocycles. The Balaban J connectivity index is 1.02. The first-order chi connectivity index (χ1) is 31.3. The first-order valence-corrected chi connectivity index (χ1v) is 21.3. The number of rotatable bonds is 7. The second-order valence-corrected chi connectivity index (χ2v) is 16.0. The lowest BCUT2D eigenvalue weighted by molar-refractivity contribution is 0.670. The van der Waals surface area contributed by atoms with Gasteiger partial charge in [-0.1, -0.05) is 146 Å². The van der Waals surface area contributed by atoms with Crippen LogP contribution in [0.5, 0.6) is 0 Å². The number of hydrogen-bond donors (Lipinski definition) is 0. The van der Waals surface area contributed by atoms with Crippen LogP contribution in [0, 0.1) is 0 Å². The normalized spacial score (nSPS) is 11.8. The molecular weight excluding hydrogens is 771 g/mol. The standard InChI is InChI=1S/C57H37N5O/c1-4-15-38(16-5-1)39-27-31-43(32-28-39)59(44-33-29-40(30-34-44)46-23-14-24-48-47-21-11-13-26-53(47)63-55(46)48)45-35-36-51-52(37-45)61(42-19-8-3-9-20-42)57-58-56-54(62(51)57)49-22-10-12-25-50(49)60(56)41-17-6-2-7-18-41/h1-37H. The molecule has 6 heteroatoms. The number of fused-ring (bicyclic) bond motifs is 10. The zero-order valence-electron chi connectivity index (χ0n) is 34.0. The predicted molar refractivity (Wildman–Crippen MR) is 259 cm³/mol. The molecule has 6 nitrogen and oxygen atoms in total. The van der Waals surface area contributed by atoms with Crippen molar-refractivity contribution in [2.75, 3.05) is 4.90 Å². The van der Waals surface area contributed by atoms with Crippen LogP contribution in [0.3, 0.4) is 0 Å². The van der Waals surface area contributed by atoms with Gasteiger partial charge in [-0.3, -0.25) is 13.5 Å². The number of benzene rings is 9. The molecule has 296 valence electrons. The van der Waals surface area contributed by atoms with E-state index in [1.54, 1.807) is 0 Å². The summed E-state index contributed by atoms with van der Waals surface area (Å²) in [6, 6.07) is 79.5. The van der Waals surface area contributed by atoms with E-state index in [4.69, 9.17) is 9.40 Å². The molecule has 0 aliphatic carbocycles. The Bertz CT molecular complexity index is 3820. The first kappa shape index (κ1) is 35.2. The highest BCUT2D eigenvalue weighted by Gasteiger charge is 2.25. The van der Waals surface area contributed by atoms with Gasteiger partial charge in [-0.15, -0.1) is 0 Å². The van der Waals surface area contributed by atoms with Gasteiger partial charge in [0.2, 0.25) is 5.78 Å². The lowest BCUT2D eigenvalue weighted by atomic mass is 10.0. The zero-order chi connectivity index (χ0) is 41.4.